The van der Waals surface area contributed by atoms with E-state index in [2.05, 4.69) is 92.6 Å². The second-order valence-corrected chi connectivity index (χ2v) is 7.67. The van der Waals surface area contributed by atoms with Crippen molar-refractivity contribution < 1.29 is 0 Å². The van der Waals surface area contributed by atoms with Gasteiger partial charge in [-0.05, 0) is 43.4 Å². The lowest BCUT2D eigenvalue weighted by molar-refractivity contribution is 0.0426. The van der Waals surface area contributed by atoms with Crippen molar-refractivity contribution in [1.29, 1.82) is 0 Å². The zero-order valence-electron chi connectivity index (χ0n) is 15.7. The fraction of sp³-hybridized carbons (Fsp3) is 0.417. The van der Waals surface area contributed by atoms with Gasteiger partial charge in [-0.25, -0.2) is 0 Å². The summed E-state index contributed by atoms with van der Waals surface area (Å²) in [4.78, 5) is 2.64. The van der Waals surface area contributed by atoms with E-state index in [4.69, 9.17) is 0 Å². The second kappa shape index (κ2) is 6.37. The minimum atomic E-state index is 0.300. The molecule has 1 aromatic carbocycles. The highest BCUT2D eigenvalue weighted by Crippen LogP contribution is 2.53. The third-order valence-electron chi connectivity index (χ3n) is 6.93. The van der Waals surface area contributed by atoms with E-state index in [9.17, 15) is 0 Å². The minimum Gasteiger partial charge on any atom is -0.367 e. The standard InChI is InChI=1S/C24H29N/c1-4-24(5-2)18(3)25-16-15-20(19-11-7-6-8-12-19)17-23(25)21-13-9-10-14-22(21)24/h6-12,14-18,21,23H,4-5,13H2,1-3H3/t18-,21?,23?/m1/s1. The van der Waals surface area contributed by atoms with Gasteiger partial charge in [-0.1, -0.05) is 74.1 Å². The molecule has 2 unspecified atom stereocenters. The first-order chi connectivity index (χ1) is 12.2. The summed E-state index contributed by atoms with van der Waals surface area (Å²) in [6, 6.07) is 11.8. The number of fused-ring (bicyclic) bond motifs is 3. The van der Waals surface area contributed by atoms with Gasteiger partial charge in [-0.15, -0.1) is 0 Å². The van der Waals surface area contributed by atoms with Gasteiger partial charge in [0.15, 0.2) is 0 Å². The molecule has 0 radical (unpaired) electrons. The van der Waals surface area contributed by atoms with Gasteiger partial charge in [0, 0.05) is 23.6 Å². The maximum Gasteiger partial charge on any atom is 0.0548 e. The minimum absolute atomic E-state index is 0.300. The molecule has 0 bridgehead atoms. The molecule has 0 saturated carbocycles. The molecule has 2 heterocycles. The van der Waals surface area contributed by atoms with Crippen LogP contribution in [-0.4, -0.2) is 17.0 Å². The van der Waals surface area contributed by atoms with Gasteiger partial charge < -0.3 is 4.90 Å². The molecule has 130 valence electrons. The van der Waals surface area contributed by atoms with E-state index in [0.29, 0.717) is 23.4 Å². The fourth-order valence-corrected chi connectivity index (χ4v) is 5.41. The molecule has 0 spiro atoms. The Bertz CT molecular complexity index is 746. The maximum atomic E-state index is 2.64. The van der Waals surface area contributed by atoms with Crippen LogP contribution < -0.4 is 0 Å². The van der Waals surface area contributed by atoms with Crippen LogP contribution in [0.3, 0.4) is 0 Å². The molecule has 25 heavy (non-hydrogen) atoms. The number of allylic oxidation sites excluding steroid dienone is 5. The van der Waals surface area contributed by atoms with Crippen molar-refractivity contribution in [3.8, 4) is 0 Å². The summed E-state index contributed by atoms with van der Waals surface area (Å²) in [5.41, 5.74) is 4.68. The summed E-state index contributed by atoms with van der Waals surface area (Å²) < 4.78 is 0. The van der Waals surface area contributed by atoms with Crippen LogP contribution in [0.15, 0.2) is 72.5 Å². The van der Waals surface area contributed by atoms with Crippen LogP contribution in [-0.2, 0) is 0 Å². The quantitative estimate of drug-likeness (QED) is 0.658. The lowest BCUT2D eigenvalue weighted by Gasteiger charge is -2.57. The van der Waals surface area contributed by atoms with Gasteiger partial charge in [0.05, 0.1) is 6.04 Å². The van der Waals surface area contributed by atoms with Gasteiger partial charge in [-0.2, -0.15) is 0 Å². The highest BCUT2D eigenvalue weighted by atomic mass is 15.2. The van der Waals surface area contributed by atoms with Crippen molar-refractivity contribution in [2.75, 3.05) is 0 Å². The van der Waals surface area contributed by atoms with E-state index in [0.717, 1.165) is 6.42 Å². The van der Waals surface area contributed by atoms with Crippen LogP contribution >= 0.6 is 0 Å². The predicted molar refractivity (Wildman–Crippen MR) is 107 cm³/mol. The molecule has 1 saturated heterocycles. The highest BCUT2D eigenvalue weighted by molar-refractivity contribution is 5.75. The van der Waals surface area contributed by atoms with Crippen molar-refractivity contribution in [3.63, 3.8) is 0 Å². The molecule has 1 nitrogen and oxygen atoms in total. The van der Waals surface area contributed by atoms with E-state index in [-0.39, 0.29) is 0 Å². The Labute approximate surface area is 152 Å². The molecule has 0 aromatic heterocycles. The average Bonchev–Trinajstić information content (AvgIpc) is 2.69. The maximum absolute atomic E-state index is 2.64. The van der Waals surface area contributed by atoms with Gasteiger partial charge in [0.25, 0.3) is 0 Å². The summed E-state index contributed by atoms with van der Waals surface area (Å²) >= 11 is 0. The third kappa shape index (κ3) is 2.44. The molecule has 1 fully saturated rings. The van der Waals surface area contributed by atoms with Gasteiger partial charge in [0.1, 0.15) is 0 Å². The number of nitrogens with zero attached hydrogens (tertiary/aromatic N) is 1. The summed E-state index contributed by atoms with van der Waals surface area (Å²) in [5, 5.41) is 0. The van der Waals surface area contributed by atoms with Gasteiger partial charge >= 0.3 is 0 Å². The zero-order valence-corrected chi connectivity index (χ0v) is 15.7. The number of hydrogen-bond acceptors (Lipinski definition) is 1. The van der Waals surface area contributed by atoms with E-state index in [1.54, 1.807) is 5.57 Å². The van der Waals surface area contributed by atoms with Crippen molar-refractivity contribution in [2.45, 2.75) is 52.1 Å². The predicted octanol–water partition coefficient (Wildman–Crippen LogP) is 5.98. The molecule has 1 aliphatic carbocycles. The van der Waals surface area contributed by atoms with Crippen LogP contribution in [0.2, 0.25) is 0 Å². The molecule has 1 aromatic rings. The van der Waals surface area contributed by atoms with E-state index >= 15 is 0 Å². The lowest BCUT2D eigenvalue weighted by atomic mass is 9.59. The molecule has 4 rings (SSSR count). The highest BCUT2D eigenvalue weighted by Gasteiger charge is 2.50. The van der Waals surface area contributed by atoms with Crippen molar-refractivity contribution in [1.82, 2.24) is 4.90 Å². The van der Waals surface area contributed by atoms with Crippen molar-refractivity contribution >= 4 is 5.57 Å². The van der Waals surface area contributed by atoms with Gasteiger partial charge in [-0.3, -0.25) is 0 Å². The smallest absolute Gasteiger partial charge is 0.0548 e. The van der Waals surface area contributed by atoms with Crippen LogP contribution in [0.25, 0.3) is 5.57 Å². The normalized spacial score (nSPS) is 29.6. The average molecular weight is 332 g/mol. The van der Waals surface area contributed by atoms with Crippen molar-refractivity contribution in [3.05, 3.63) is 78.0 Å². The van der Waals surface area contributed by atoms with Crippen LogP contribution in [0.4, 0.5) is 0 Å². The summed E-state index contributed by atoms with van der Waals surface area (Å²) in [6.07, 6.45) is 17.9. The van der Waals surface area contributed by atoms with Crippen LogP contribution in [0.5, 0.6) is 0 Å². The first-order valence-corrected chi connectivity index (χ1v) is 9.81. The summed E-state index contributed by atoms with van der Waals surface area (Å²) in [7, 11) is 0. The number of hydrogen-bond donors (Lipinski definition) is 0. The Hall–Kier alpha value is -2.02. The summed E-state index contributed by atoms with van der Waals surface area (Å²) in [6.45, 7) is 7.17. The Kier molecular flexibility index (Phi) is 4.19. The monoisotopic (exact) mass is 331 g/mol. The molecular formula is C24H29N. The zero-order chi connectivity index (χ0) is 17.4. The Morgan fingerprint density at radius 3 is 2.60 bits per heavy atom. The molecule has 0 N–H and O–H groups in total. The van der Waals surface area contributed by atoms with Gasteiger partial charge in [0.2, 0.25) is 0 Å². The molecule has 3 aliphatic rings. The van der Waals surface area contributed by atoms with E-state index in [1.165, 1.54) is 24.0 Å². The SMILES string of the molecule is CCC1(CC)C2=CC=CCC2C2C=C(c3ccccc3)C=CN2[C@@H]1C. The Morgan fingerprint density at radius 2 is 1.88 bits per heavy atom. The second-order valence-electron chi connectivity index (χ2n) is 7.67. The van der Waals surface area contributed by atoms with E-state index in [1.807, 2.05) is 0 Å². The number of benzene rings is 1. The number of piperidine rings is 1. The van der Waals surface area contributed by atoms with Crippen molar-refractivity contribution in [2.24, 2.45) is 11.3 Å². The largest absolute Gasteiger partial charge is 0.367 e. The topological polar surface area (TPSA) is 3.24 Å². The fourth-order valence-electron chi connectivity index (χ4n) is 5.41. The van der Waals surface area contributed by atoms with Crippen LogP contribution in [0, 0.1) is 11.3 Å². The third-order valence-corrected chi connectivity index (χ3v) is 6.93. The molecular weight excluding hydrogens is 302 g/mol. The lowest BCUT2D eigenvalue weighted by Crippen LogP contribution is -2.58. The molecule has 2 aliphatic heterocycles. The van der Waals surface area contributed by atoms with Crippen LogP contribution in [0.1, 0.15) is 45.6 Å². The first-order valence-electron chi connectivity index (χ1n) is 9.81. The Balaban J connectivity index is 1.78. The molecule has 0 amide bonds. The number of rotatable bonds is 3. The Morgan fingerprint density at radius 1 is 1.12 bits per heavy atom. The summed E-state index contributed by atoms with van der Waals surface area (Å²) in [5.74, 6) is 0.602. The molecule has 3 atom stereocenters. The van der Waals surface area contributed by atoms with E-state index < -0.39 is 0 Å². The molecule has 1 heteroatoms. The first kappa shape index (κ1) is 16.4.